The summed E-state index contributed by atoms with van der Waals surface area (Å²) < 4.78 is 6.69. The molecule has 2 aromatic rings. The molecule has 90 valence electrons. The molecule has 0 spiro atoms. The molecular weight excluding hydrogens is 298 g/mol. The number of nitrogens with two attached hydrogens (primary N) is 1. The Morgan fingerprint density at radius 3 is 2.65 bits per heavy atom. The number of hydrogen-bond acceptors (Lipinski definition) is 3. The third-order valence-corrected chi connectivity index (χ3v) is 4.20. The molecule has 1 heterocycles. The van der Waals surface area contributed by atoms with Crippen LogP contribution in [0.15, 0.2) is 45.6 Å². The van der Waals surface area contributed by atoms with Crippen LogP contribution < -0.4 is 5.73 Å². The molecule has 0 aliphatic carbocycles. The smallest absolute Gasteiger partial charge is 0.0717 e. The van der Waals surface area contributed by atoms with Gasteiger partial charge in [0.2, 0.25) is 0 Å². The predicted molar refractivity (Wildman–Crippen MR) is 75.0 cm³/mol. The first-order valence-electron chi connectivity index (χ1n) is 5.36. The first-order valence-corrected chi connectivity index (χ1v) is 7.10. The first kappa shape index (κ1) is 12.8. The monoisotopic (exact) mass is 311 g/mol. The maximum atomic E-state index is 6.06. The van der Waals surface area contributed by atoms with Gasteiger partial charge in [-0.1, -0.05) is 30.3 Å². The molecule has 2 N–H and O–H groups in total. The van der Waals surface area contributed by atoms with Crippen molar-refractivity contribution in [2.45, 2.75) is 12.6 Å². The van der Waals surface area contributed by atoms with Gasteiger partial charge in [0.1, 0.15) is 0 Å². The minimum absolute atomic E-state index is 0.0701. The van der Waals surface area contributed by atoms with E-state index in [0.717, 1.165) is 10.0 Å². The van der Waals surface area contributed by atoms with Gasteiger partial charge in [-0.05, 0) is 32.4 Å². The van der Waals surface area contributed by atoms with E-state index >= 15 is 0 Å². The number of hydrogen-bond donors (Lipinski definition) is 1. The molecule has 1 aromatic carbocycles. The maximum Gasteiger partial charge on any atom is 0.0717 e. The molecule has 0 saturated heterocycles. The highest BCUT2D eigenvalue weighted by molar-refractivity contribution is 9.10. The molecule has 0 fully saturated rings. The van der Waals surface area contributed by atoms with Gasteiger partial charge >= 0.3 is 0 Å². The van der Waals surface area contributed by atoms with Crippen molar-refractivity contribution >= 4 is 27.3 Å². The van der Waals surface area contributed by atoms with Gasteiger partial charge in [-0.25, -0.2) is 0 Å². The Morgan fingerprint density at radius 2 is 2.00 bits per heavy atom. The molecule has 0 radical (unpaired) electrons. The Kier molecular flexibility index (Phi) is 4.74. The van der Waals surface area contributed by atoms with Crippen molar-refractivity contribution in [2.75, 3.05) is 6.61 Å². The Bertz CT molecular complexity index is 457. The summed E-state index contributed by atoms with van der Waals surface area (Å²) in [5.41, 5.74) is 8.34. The van der Waals surface area contributed by atoms with Crippen molar-refractivity contribution in [1.29, 1.82) is 0 Å². The highest BCUT2D eigenvalue weighted by Gasteiger charge is 2.10. The zero-order valence-corrected chi connectivity index (χ0v) is 11.7. The standard InChI is InChI=1S/C13H14BrNOS/c14-12-9-17-8-11(12)13(15)7-16-6-10-4-2-1-3-5-10/h1-5,8-9,13H,6-7,15H2. The highest BCUT2D eigenvalue weighted by atomic mass is 79.9. The van der Waals surface area contributed by atoms with Gasteiger partial charge in [-0.15, -0.1) is 0 Å². The number of ether oxygens (including phenoxy) is 1. The second kappa shape index (κ2) is 6.31. The third-order valence-electron chi connectivity index (χ3n) is 2.45. The van der Waals surface area contributed by atoms with Crippen molar-refractivity contribution in [3.8, 4) is 0 Å². The predicted octanol–water partition coefficient (Wildman–Crippen LogP) is 3.73. The summed E-state index contributed by atoms with van der Waals surface area (Å²) in [6.45, 7) is 1.14. The summed E-state index contributed by atoms with van der Waals surface area (Å²) in [6.07, 6.45) is 0. The van der Waals surface area contributed by atoms with E-state index in [1.165, 1.54) is 5.56 Å². The summed E-state index contributed by atoms with van der Waals surface area (Å²) in [6, 6.07) is 10.0. The molecule has 17 heavy (non-hydrogen) atoms. The van der Waals surface area contributed by atoms with Gasteiger partial charge < -0.3 is 10.5 Å². The first-order chi connectivity index (χ1) is 8.27. The van der Waals surface area contributed by atoms with E-state index in [1.54, 1.807) is 11.3 Å². The Balaban J connectivity index is 1.81. The summed E-state index contributed by atoms with van der Waals surface area (Å²) in [5, 5.41) is 4.09. The summed E-state index contributed by atoms with van der Waals surface area (Å²) >= 11 is 5.12. The van der Waals surface area contributed by atoms with Crippen molar-refractivity contribution in [1.82, 2.24) is 0 Å². The van der Waals surface area contributed by atoms with Crippen LogP contribution in [0.3, 0.4) is 0 Å². The van der Waals surface area contributed by atoms with Gasteiger partial charge in [0, 0.05) is 9.85 Å². The lowest BCUT2D eigenvalue weighted by atomic mass is 10.2. The van der Waals surface area contributed by atoms with Crippen LogP contribution in [0.2, 0.25) is 0 Å². The van der Waals surface area contributed by atoms with Crippen molar-refractivity contribution < 1.29 is 4.74 Å². The molecule has 0 aliphatic rings. The molecule has 0 saturated carbocycles. The maximum absolute atomic E-state index is 6.06. The second-order valence-electron chi connectivity index (χ2n) is 3.78. The second-order valence-corrected chi connectivity index (χ2v) is 5.38. The fourth-order valence-corrected chi connectivity index (χ4v) is 3.18. The lowest BCUT2D eigenvalue weighted by molar-refractivity contribution is 0.108. The molecular formula is C13H14BrNOS. The minimum atomic E-state index is -0.0701. The van der Waals surface area contributed by atoms with Crippen molar-refractivity contribution in [3.63, 3.8) is 0 Å². The molecule has 2 rings (SSSR count). The molecule has 1 atom stereocenters. The van der Waals surface area contributed by atoms with E-state index in [4.69, 9.17) is 10.5 Å². The SMILES string of the molecule is NC(COCc1ccccc1)c1cscc1Br. The Morgan fingerprint density at radius 1 is 1.24 bits per heavy atom. The fraction of sp³-hybridized carbons (Fsp3) is 0.231. The Hall–Kier alpha value is -0.680. The van der Waals surface area contributed by atoms with Gasteiger partial charge in [0.15, 0.2) is 0 Å². The number of halogens is 1. The van der Waals surface area contributed by atoms with Gasteiger partial charge in [-0.2, -0.15) is 11.3 Å². The minimum Gasteiger partial charge on any atom is -0.375 e. The molecule has 2 nitrogen and oxygen atoms in total. The average molecular weight is 312 g/mol. The van der Waals surface area contributed by atoms with E-state index in [-0.39, 0.29) is 6.04 Å². The molecule has 4 heteroatoms. The summed E-state index contributed by atoms with van der Waals surface area (Å²) in [5.74, 6) is 0. The lowest BCUT2D eigenvalue weighted by Crippen LogP contribution is -2.16. The van der Waals surface area contributed by atoms with Crippen LogP contribution in [0.25, 0.3) is 0 Å². The van der Waals surface area contributed by atoms with E-state index in [2.05, 4.69) is 21.3 Å². The Labute approximate surface area is 114 Å². The molecule has 1 aromatic heterocycles. The normalized spacial score (nSPS) is 12.6. The van der Waals surface area contributed by atoms with Crippen LogP contribution in [-0.4, -0.2) is 6.61 Å². The number of rotatable bonds is 5. The lowest BCUT2D eigenvalue weighted by Gasteiger charge is -2.11. The van der Waals surface area contributed by atoms with Crippen molar-refractivity contribution in [2.24, 2.45) is 5.73 Å². The molecule has 0 amide bonds. The number of benzene rings is 1. The topological polar surface area (TPSA) is 35.2 Å². The molecule has 0 bridgehead atoms. The highest BCUT2D eigenvalue weighted by Crippen LogP contribution is 2.26. The van der Waals surface area contributed by atoms with Crippen LogP contribution in [0.4, 0.5) is 0 Å². The van der Waals surface area contributed by atoms with Crippen LogP contribution in [0.1, 0.15) is 17.2 Å². The quantitative estimate of drug-likeness (QED) is 0.913. The third kappa shape index (κ3) is 3.64. The van der Waals surface area contributed by atoms with Crippen LogP contribution >= 0.6 is 27.3 Å². The van der Waals surface area contributed by atoms with E-state index in [9.17, 15) is 0 Å². The fourth-order valence-electron chi connectivity index (χ4n) is 1.52. The zero-order chi connectivity index (χ0) is 12.1. The number of thiophene rings is 1. The zero-order valence-electron chi connectivity index (χ0n) is 9.30. The molecule has 0 aliphatic heterocycles. The van der Waals surface area contributed by atoms with Crippen LogP contribution in [0.5, 0.6) is 0 Å². The van der Waals surface area contributed by atoms with Gasteiger partial charge in [0.05, 0.1) is 19.3 Å². The van der Waals surface area contributed by atoms with E-state index in [1.807, 2.05) is 35.7 Å². The van der Waals surface area contributed by atoms with Crippen molar-refractivity contribution in [3.05, 3.63) is 56.7 Å². The van der Waals surface area contributed by atoms with Crippen LogP contribution in [0, 0.1) is 0 Å². The van der Waals surface area contributed by atoms with E-state index < -0.39 is 0 Å². The summed E-state index contributed by atoms with van der Waals surface area (Å²) in [7, 11) is 0. The van der Waals surface area contributed by atoms with Gasteiger partial charge in [-0.3, -0.25) is 0 Å². The molecule has 1 unspecified atom stereocenters. The summed E-state index contributed by atoms with van der Waals surface area (Å²) in [4.78, 5) is 0. The van der Waals surface area contributed by atoms with Gasteiger partial charge in [0.25, 0.3) is 0 Å². The largest absolute Gasteiger partial charge is 0.375 e. The average Bonchev–Trinajstić information content (AvgIpc) is 2.77. The van der Waals surface area contributed by atoms with E-state index in [0.29, 0.717) is 13.2 Å². The van der Waals surface area contributed by atoms with Crippen LogP contribution in [-0.2, 0) is 11.3 Å².